The molecule has 0 aliphatic rings. The molecule has 1 aromatic carbocycles. The molecule has 1 unspecified atom stereocenters. The zero-order valence-electron chi connectivity index (χ0n) is 11.9. The molecule has 0 aliphatic carbocycles. The molecule has 1 aromatic heterocycles. The van der Waals surface area contributed by atoms with Crippen LogP contribution < -0.4 is 16.0 Å². The van der Waals surface area contributed by atoms with Crippen molar-refractivity contribution in [2.75, 3.05) is 7.11 Å². The molecule has 1 atom stereocenters. The van der Waals surface area contributed by atoms with Crippen molar-refractivity contribution in [2.45, 2.75) is 19.4 Å². The van der Waals surface area contributed by atoms with E-state index in [1.54, 1.807) is 6.92 Å². The molecule has 0 saturated heterocycles. The Morgan fingerprint density at radius 1 is 1.43 bits per heavy atom. The van der Waals surface area contributed by atoms with E-state index in [1.807, 2.05) is 30.3 Å². The van der Waals surface area contributed by atoms with E-state index in [9.17, 15) is 4.79 Å². The molecule has 6 heteroatoms. The van der Waals surface area contributed by atoms with Gasteiger partial charge in [0.1, 0.15) is 0 Å². The Morgan fingerprint density at radius 2 is 2.10 bits per heavy atom. The fourth-order valence-electron chi connectivity index (χ4n) is 2.15. The molecule has 110 valence electrons. The van der Waals surface area contributed by atoms with Crippen LogP contribution in [0.2, 0.25) is 0 Å². The molecular formula is C15H17N3O2S. The Bertz CT molecular complexity index is 698. The van der Waals surface area contributed by atoms with Crippen LogP contribution in [0.15, 0.2) is 41.2 Å². The number of nitrogens with two attached hydrogens (primary N) is 1. The lowest BCUT2D eigenvalue weighted by Crippen LogP contribution is -2.30. The number of methoxy groups -OCH3 is 1. The van der Waals surface area contributed by atoms with Crippen LogP contribution in [0.1, 0.15) is 17.2 Å². The number of ether oxygens (including phenoxy) is 1. The van der Waals surface area contributed by atoms with E-state index in [2.05, 4.69) is 4.98 Å². The molecule has 0 saturated carbocycles. The van der Waals surface area contributed by atoms with E-state index in [-0.39, 0.29) is 17.5 Å². The standard InChI is InChI=1S/C15H17N3O2S/c1-10-8-13(19)18(15(17-10)20-2)9-12(14(16)21)11-6-4-3-5-7-11/h3-8,12H,9H2,1-2H3,(H2,16,21). The van der Waals surface area contributed by atoms with Crippen LogP contribution in [0.25, 0.3) is 0 Å². The summed E-state index contributed by atoms with van der Waals surface area (Å²) in [4.78, 5) is 16.7. The van der Waals surface area contributed by atoms with Gasteiger partial charge >= 0.3 is 0 Å². The molecule has 0 spiro atoms. The summed E-state index contributed by atoms with van der Waals surface area (Å²) in [5.74, 6) is -0.252. The second-order valence-electron chi connectivity index (χ2n) is 4.70. The maximum absolute atomic E-state index is 12.2. The summed E-state index contributed by atoms with van der Waals surface area (Å²) in [6, 6.07) is 11.3. The quantitative estimate of drug-likeness (QED) is 0.850. The first-order valence-electron chi connectivity index (χ1n) is 6.49. The van der Waals surface area contributed by atoms with Gasteiger partial charge in [0.25, 0.3) is 11.6 Å². The number of aryl methyl sites for hydroxylation is 1. The van der Waals surface area contributed by atoms with Crippen LogP contribution in [0.4, 0.5) is 0 Å². The van der Waals surface area contributed by atoms with Crippen molar-refractivity contribution in [3.63, 3.8) is 0 Å². The minimum Gasteiger partial charge on any atom is -0.468 e. The van der Waals surface area contributed by atoms with E-state index in [4.69, 9.17) is 22.7 Å². The van der Waals surface area contributed by atoms with Crippen molar-refractivity contribution in [3.05, 3.63) is 58.0 Å². The second kappa shape index (κ2) is 6.49. The largest absolute Gasteiger partial charge is 0.468 e. The van der Waals surface area contributed by atoms with Gasteiger partial charge in [0.05, 0.1) is 18.0 Å². The molecule has 0 radical (unpaired) electrons. The maximum atomic E-state index is 12.2. The number of hydrogen-bond donors (Lipinski definition) is 1. The van der Waals surface area contributed by atoms with Gasteiger partial charge in [0.15, 0.2) is 0 Å². The van der Waals surface area contributed by atoms with Crippen LogP contribution in [-0.2, 0) is 6.54 Å². The number of benzene rings is 1. The van der Waals surface area contributed by atoms with Crippen LogP contribution >= 0.6 is 12.2 Å². The van der Waals surface area contributed by atoms with Crippen molar-refractivity contribution < 1.29 is 4.74 Å². The lowest BCUT2D eigenvalue weighted by Gasteiger charge is -2.19. The lowest BCUT2D eigenvalue weighted by atomic mass is 9.99. The van der Waals surface area contributed by atoms with E-state index in [1.165, 1.54) is 17.7 Å². The first-order valence-corrected chi connectivity index (χ1v) is 6.90. The molecule has 21 heavy (non-hydrogen) atoms. The van der Waals surface area contributed by atoms with Gasteiger partial charge in [0, 0.05) is 18.3 Å². The Kier molecular flexibility index (Phi) is 4.70. The lowest BCUT2D eigenvalue weighted by molar-refractivity contribution is 0.342. The Balaban J connectivity index is 2.43. The van der Waals surface area contributed by atoms with E-state index in [0.717, 1.165) is 5.56 Å². The van der Waals surface area contributed by atoms with E-state index >= 15 is 0 Å². The summed E-state index contributed by atoms with van der Waals surface area (Å²) in [6.45, 7) is 2.05. The van der Waals surface area contributed by atoms with Gasteiger partial charge < -0.3 is 10.5 Å². The van der Waals surface area contributed by atoms with E-state index < -0.39 is 0 Å². The third-order valence-corrected chi connectivity index (χ3v) is 3.48. The molecule has 1 heterocycles. The summed E-state index contributed by atoms with van der Waals surface area (Å²) in [5, 5.41) is 0. The van der Waals surface area contributed by atoms with Gasteiger partial charge in [-0.15, -0.1) is 0 Å². The zero-order valence-corrected chi connectivity index (χ0v) is 12.8. The highest BCUT2D eigenvalue weighted by atomic mass is 32.1. The molecule has 0 aliphatic heterocycles. The Labute approximate surface area is 128 Å². The fourth-order valence-corrected chi connectivity index (χ4v) is 2.36. The molecule has 0 fully saturated rings. The number of thiocarbonyl (C=S) groups is 1. The number of aromatic nitrogens is 2. The second-order valence-corrected chi connectivity index (χ2v) is 5.17. The van der Waals surface area contributed by atoms with Crippen LogP contribution in [0.5, 0.6) is 6.01 Å². The highest BCUT2D eigenvalue weighted by Gasteiger charge is 2.18. The molecule has 2 aromatic rings. The monoisotopic (exact) mass is 303 g/mol. The summed E-state index contributed by atoms with van der Waals surface area (Å²) in [6.07, 6.45) is 0. The zero-order chi connectivity index (χ0) is 15.4. The van der Waals surface area contributed by atoms with Gasteiger partial charge in [-0.2, -0.15) is 0 Å². The smallest absolute Gasteiger partial charge is 0.299 e. The summed E-state index contributed by atoms with van der Waals surface area (Å²) >= 11 is 5.15. The van der Waals surface area contributed by atoms with Gasteiger partial charge in [-0.1, -0.05) is 42.5 Å². The normalized spacial score (nSPS) is 11.9. The first kappa shape index (κ1) is 15.2. The van der Waals surface area contributed by atoms with Gasteiger partial charge in [-0.25, -0.2) is 4.98 Å². The molecule has 5 nitrogen and oxygen atoms in total. The minimum atomic E-state index is -0.252. The van der Waals surface area contributed by atoms with Crippen LogP contribution in [0.3, 0.4) is 0 Å². The van der Waals surface area contributed by atoms with Crippen molar-refractivity contribution in [3.8, 4) is 6.01 Å². The van der Waals surface area contributed by atoms with Gasteiger partial charge in [-0.05, 0) is 12.5 Å². The average molecular weight is 303 g/mol. The molecule has 0 amide bonds. The van der Waals surface area contributed by atoms with Gasteiger partial charge in [0.2, 0.25) is 0 Å². The minimum absolute atomic E-state index is 0.184. The predicted octanol–water partition coefficient (Wildman–Crippen LogP) is 1.63. The Hall–Kier alpha value is -2.21. The van der Waals surface area contributed by atoms with Crippen molar-refractivity contribution in [2.24, 2.45) is 5.73 Å². The number of rotatable bonds is 5. The third kappa shape index (κ3) is 3.46. The topological polar surface area (TPSA) is 70.1 Å². The van der Waals surface area contributed by atoms with Crippen LogP contribution in [0, 0.1) is 6.92 Å². The maximum Gasteiger partial charge on any atom is 0.299 e. The Morgan fingerprint density at radius 3 is 2.67 bits per heavy atom. The molecule has 0 bridgehead atoms. The average Bonchev–Trinajstić information content (AvgIpc) is 2.46. The van der Waals surface area contributed by atoms with E-state index in [0.29, 0.717) is 17.2 Å². The van der Waals surface area contributed by atoms with Crippen molar-refractivity contribution in [1.29, 1.82) is 0 Å². The van der Waals surface area contributed by atoms with Gasteiger partial charge in [-0.3, -0.25) is 9.36 Å². The van der Waals surface area contributed by atoms with Crippen molar-refractivity contribution in [1.82, 2.24) is 9.55 Å². The highest BCUT2D eigenvalue weighted by molar-refractivity contribution is 7.80. The summed E-state index contributed by atoms with van der Waals surface area (Å²) in [5.41, 5.74) is 7.23. The predicted molar refractivity (Wildman–Crippen MR) is 85.8 cm³/mol. The third-order valence-electron chi connectivity index (χ3n) is 3.19. The molecular weight excluding hydrogens is 286 g/mol. The first-order chi connectivity index (χ1) is 10.0. The summed E-state index contributed by atoms with van der Waals surface area (Å²) < 4.78 is 6.64. The number of hydrogen-bond acceptors (Lipinski definition) is 4. The fraction of sp³-hybridized carbons (Fsp3) is 0.267. The van der Waals surface area contributed by atoms with Crippen molar-refractivity contribution >= 4 is 17.2 Å². The SMILES string of the molecule is COc1nc(C)cc(=O)n1CC(C(N)=S)c1ccccc1. The summed E-state index contributed by atoms with van der Waals surface area (Å²) in [7, 11) is 1.48. The highest BCUT2D eigenvalue weighted by Crippen LogP contribution is 2.19. The molecule has 2 rings (SSSR count). The van der Waals surface area contributed by atoms with Crippen LogP contribution in [-0.4, -0.2) is 21.6 Å². The molecule has 2 N–H and O–H groups in total. The number of nitrogens with zero attached hydrogens (tertiary/aromatic N) is 2.